The van der Waals surface area contributed by atoms with Gasteiger partial charge in [-0.05, 0) is 31.0 Å². The van der Waals surface area contributed by atoms with Gasteiger partial charge in [0.05, 0.1) is 17.5 Å². The Kier molecular flexibility index (Phi) is 6.28. The van der Waals surface area contributed by atoms with Gasteiger partial charge in [0.15, 0.2) is 0 Å². The normalized spacial score (nSPS) is 17.0. The van der Waals surface area contributed by atoms with Crippen LogP contribution in [0.2, 0.25) is 5.02 Å². The molecular formula is C19H23ClN4O2. The molecular weight excluding hydrogens is 352 g/mol. The molecule has 1 fully saturated rings. The minimum Gasteiger partial charge on any atom is -0.490 e. The predicted octanol–water partition coefficient (Wildman–Crippen LogP) is 2.88. The number of halogens is 1. The van der Waals surface area contributed by atoms with Gasteiger partial charge in [-0.15, -0.1) is 0 Å². The lowest BCUT2D eigenvalue weighted by Gasteiger charge is -2.33. The van der Waals surface area contributed by atoms with Gasteiger partial charge < -0.3 is 14.5 Å². The molecule has 1 atom stereocenters. The second-order valence-electron chi connectivity index (χ2n) is 6.37. The summed E-state index contributed by atoms with van der Waals surface area (Å²) in [6.07, 6.45) is 5.30. The highest BCUT2D eigenvalue weighted by molar-refractivity contribution is 6.32. The molecule has 0 aliphatic carbocycles. The number of rotatable bonds is 6. The molecule has 1 amide bonds. The lowest BCUT2D eigenvalue weighted by molar-refractivity contribution is -0.134. The van der Waals surface area contributed by atoms with Gasteiger partial charge in [-0.3, -0.25) is 4.79 Å². The van der Waals surface area contributed by atoms with Crippen LogP contribution >= 0.6 is 11.6 Å². The van der Waals surface area contributed by atoms with E-state index in [2.05, 4.69) is 14.9 Å². The molecule has 1 saturated heterocycles. The van der Waals surface area contributed by atoms with E-state index in [1.807, 2.05) is 25.2 Å². The van der Waals surface area contributed by atoms with Crippen LogP contribution in [0.15, 0.2) is 42.7 Å². The van der Waals surface area contributed by atoms with Crippen molar-refractivity contribution in [3.8, 4) is 5.75 Å². The molecule has 0 spiro atoms. The van der Waals surface area contributed by atoms with E-state index >= 15 is 0 Å². The first-order chi connectivity index (χ1) is 12.6. The number of ether oxygens (including phenoxy) is 1. The molecule has 7 heteroatoms. The summed E-state index contributed by atoms with van der Waals surface area (Å²) >= 11 is 6.08. The molecule has 0 saturated carbocycles. The fraction of sp³-hybridized carbons (Fsp3) is 0.421. The number of hydrogen-bond donors (Lipinski definition) is 0. The zero-order valence-electron chi connectivity index (χ0n) is 14.8. The Morgan fingerprint density at radius 1 is 1.31 bits per heavy atom. The predicted molar refractivity (Wildman–Crippen MR) is 102 cm³/mol. The van der Waals surface area contributed by atoms with Crippen molar-refractivity contribution < 1.29 is 9.53 Å². The summed E-state index contributed by atoms with van der Waals surface area (Å²) in [5.41, 5.74) is 0. The quantitative estimate of drug-likeness (QED) is 0.778. The van der Waals surface area contributed by atoms with Crippen LogP contribution in [0.5, 0.6) is 5.75 Å². The third-order valence-electron chi connectivity index (χ3n) is 4.50. The van der Waals surface area contributed by atoms with Crippen molar-refractivity contribution in [3.63, 3.8) is 0 Å². The summed E-state index contributed by atoms with van der Waals surface area (Å²) in [5, 5.41) is 0.576. The van der Waals surface area contributed by atoms with Gasteiger partial charge in [-0.25, -0.2) is 9.97 Å². The number of piperidine rings is 1. The van der Waals surface area contributed by atoms with Crippen LogP contribution in [0.25, 0.3) is 0 Å². The van der Waals surface area contributed by atoms with Crippen LogP contribution in [0.4, 0.5) is 5.95 Å². The molecule has 1 aliphatic heterocycles. The Morgan fingerprint density at radius 3 is 2.85 bits per heavy atom. The molecule has 138 valence electrons. The zero-order chi connectivity index (χ0) is 18.4. The Balaban J connectivity index is 1.50. The van der Waals surface area contributed by atoms with Crippen LogP contribution in [-0.2, 0) is 4.79 Å². The molecule has 26 heavy (non-hydrogen) atoms. The van der Waals surface area contributed by atoms with Gasteiger partial charge in [-0.1, -0.05) is 23.7 Å². The first-order valence-corrected chi connectivity index (χ1v) is 9.17. The van der Waals surface area contributed by atoms with Gasteiger partial charge in [-0.2, -0.15) is 0 Å². The molecule has 1 aromatic carbocycles. The van der Waals surface area contributed by atoms with Crippen molar-refractivity contribution in [1.82, 2.24) is 14.9 Å². The maximum absolute atomic E-state index is 12.8. The van der Waals surface area contributed by atoms with Gasteiger partial charge in [0.25, 0.3) is 0 Å². The number of carbonyl (C=O) groups excluding carboxylic acids is 1. The van der Waals surface area contributed by atoms with E-state index in [0.29, 0.717) is 36.4 Å². The average molecular weight is 375 g/mol. The van der Waals surface area contributed by atoms with Crippen molar-refractivity contribution in [2.24, 2.45) is 5.92 Å². The van der Waals surface area contributed by atoms with Crippen LogP contribution in [0, 0.1) is 5.92 Å². The summed E-state index contributed by atoms with van der Waals surface area (Å²) in [4.78, 5) is 25.2. The molecule has 2 aromatic rings. The standard InChI is InChI=1S/C19H23ClN4O2/c1-23(12-13-26-17-8-3-2-7-16(17)20)18(25)15-6-4-11-24(14-15)19-21-9-5-10-22-19/h2-3,5,7-10,15H,4,6,11-14H2,1H3. The number of aromatic nitrogens is 2. The van der Waals surface area contributed by atoms with E-state index < -0.39 is 0 Å². The van der Waals surface area contributed by atoms with E-state index in [0.717, 1.165) is 19.4 Å². The topological polar surface area (TPSA) is 58.6 Å². The third kappa shape index (κ3) is 4.64. The minimum atomic E-state index is -0.0436. The van der Waals surface area contributed by atoms with E-state index in [9.17, 15) is 4.79 Å². The molecule has 0 N–H and O–H groups in total. The van der Waals surface area contributed by atoms with Gasteiger partial charge >= 0.3 is 0 Å². The highest BCUT2D eigenvalue weighted by Gasteiger charge is 2.28. The summed E-state index contributed by atoms with van der Waals surface area (Å²) in [7, 11) is 1.82. The fourth-order valence-corrected chi connectivity index (χ4v) is 3.28. The number of anilines is 1. The highest BCUT2D eigenvalue weighted by atomic mass is 35.5. The molecule has 0 radical (unpaired) electrons. The Morgan fingerprint density at radius 2 is 2.08 bits per heavy atom. The first kappa shape index (κ1) is 18.5. The van der Waals surface area contributed by atoms with Crippen LogP contribution in [0.3, 0.4) is 0 Å². The van der Waals surface area contributed by atoms with Gasteiger partial charge in [0, 0.05) is 32.5 Å². The lowest BCUT2D eigenvalue weighted by atomic mass is 9.97. The van der Waals surface area contributed by atoms with E-state index in [4.69, 9.17) is 16.3 Å². The lowest BCUT2D eigenvalue weighted by Crippen LogP contribution is -2.45. The van der Waals surface area contributed by atoms with E-state index in [1.165, 1.54) is 0 Å². The maximum Gasteiger partial charge on any atom is 0.227 e. The number of amides is 1. The Hall–Kier alpha value is -2.34. The number of para-hydroxylation sites is 1. The maximum atomic E-state index is 12.8. The molecule has 1 aliphatic rings. The number of likely N-dealkylation sites (N-methyl/N-ethyl adjacent to an activating group) is 1. The van der Waals surface area contributed by atoms with Gasteiger partial charge in [0.2, 0.25) is 11.9 Å². The monoisotopic (exact) mass is 374 g/mol. The Labute approximate surface area is 158 Å². The summed E-state index contributed by atoms with van der Waals surface area (Å²) in [6.45, 7) is 2.46. The fourth-order valence-electron chi connectivity index (χ4n) is 3.09. The summed E-state index contributed by atoms with van der Waals surface area (Å²) in [5.74, 6) is 1.42. The van der Waals surface area contributed by atoms with Gasteiger partial charge in [0.1, 0.15) is 12.4 Å². The van der Waals surface area contributed by atoms with Crippen molar-refractivity contribution in [2.75, 3.05) is 38.2 Å². The van der Waals surface area contributed by atoms with Crippen molar-refractivity contribution in [3.05, 3.63) is 47.7 Å². The minimum absolute atomic E-state index is 0.0436. The molecule has 1 aromatic heterocycles. The van der Waals surface area contributed by atoms with Crippen molar-refractivity contribution in [2.45, 2.75) is 12.8 Å². The second kappa shape index (κ2) is 8.85. The number of hydrogen-bond acceptors (Lipinski definition) is 5. The van der Waals surface area contributed by atoms with E-state index in [1.54, 1.807) is 29.4 Å². The highest BCUT2D eigenvalue weighted by Crippen LogP contribution is 2.23. The summed E-state index contributed by atoms with van der Waals surface area (Å²) < 4.78 is 5.68. The molecule has 1 unspecified atom stereocenters. The van der Waals surface area contributed by atoms with Crippen molar-refractivity contribution in [1.29, 1.82) is 0 Å². The van der Waals surface area contributed by atoms with Crippen LogP contribution in [0.1, 0.15) is 12.8 Å². The van der Waals surface area contributed by atoms with Crippen LogP contribution in [-0.4, -0.2) is 54.1 Å². The number of benzene rings is 1. The second-order valence-corrected chi connectivity index (χ2v) is 6.78. The largest absolute Gasteiger partial charge is 0.490 e. The Bertz CT molecular complexity index is 728. The zero-order valence-corrected chi connectivity index (χ0v) is 15.6. The van der Waals surface area contributed by atoms with Crippen molar-refractivity contribution >= 4 is 23.5 Å². The van der Waals surface area contributed by atoms with Crippen LogP contribution < -0.4 is 9.64 Å². The average Bonchev–Trinajstić information content (AvgIpc) is 2.69. The number of carbonyl (C=O) groups is 1. The molecule has 3 rings (SSSR count). The first-order valence-electron chi connectivity index (χ1n) is 8.79. The molecule has 0 bridgehead atoms. The molecule has 2 heterocycles. The van der Waals surface area contributed by atoms with E-state index in [-0.39, 0.29) is 11.8 Å². The molecule has 6 nitrogen and oxygen atoms in total. The number of nitrogens with zero attached hydrogens (tertiary/aromatic N) is 4. The summed E-state index contributed by atoms with van der Waals surface area (Å²) in [6, 6.07) is 9.13. The SMILES string of the molecule is CN(CCOc1ccccc1Cl)C(=O)C1CCCN(c2ncccn2)C1. The third-order valence-corrected chi connectivity index (χ3v) is 4.82. The smallest absolute Gasteiger partial charge is 0.227 e.